The van der Waals surface area contributed by atoms with Gasteiger partial charge < -0.3 is 15.1 Å². The van der Waals surface area contributed by atoms with Crippen molar-refractivity contribution in [2.75, 3.05) is 45.2 Å². The molecule has 0 atom stereocenters. The maximum Gasteiger partial charge on any atom is 0.490 e. The van der Waals surface area contributed by atoms with Crippen molar-refractivity contribution in [3.05, 3.63) is 60.2 Å². The fourth-order valence-corrected chi connectivity index (χ4v) is 5.85. The molecule has 4 rings (SSSR count). The second-order valence-electron chi connectivity index (χ2n) is 9.71. The van der Waals surface area contributed by atoms with Crippen LogP contribution in [0.1, 0.15) is 12.0 Å². The highest BCUT2D eigenvalue weighted by Crippen LogP contribution is 2.42. The van der Waals surface area contributed by atoms with Crippen LogP contribution in [-0.2, 0) is 26.2 Å². The van der Waals surface area contributed by atoms with Gasteiger partial charge >= 0.3 is 24.3 Å². The molecule has 2 fully saturated rings. The van der Waals surface area contributed by atoms with Crippen LogP contribution in [0.5, 0.6) is 0 Å². The first kappa shape index (κ1) is 33.8. The van der Waals surface area contributed by atoms with Gasteiger partial charge in [0.05, 0.1) is 4.90 Å². The highest BCUT2D eigenvalue weighted by molar-refractivity contribution is 7.89. The SMILES string of the molecule is CN(C)c1ccc(CN2CC3(CCN(S(=O)(=O)c4ccccc4)C3)C2)cc1.O=C(O)C(F)(F)F.O=C(O)C(F)(F)F. The zero-order valence-corrected chi connectivity index (χ0v) is 22.8. The average Bonchev–Trinajstić information content (AvgIpc) is 3.31. The Balaban J connectivity index is 0.000000349. The van der Waals surface area contributed by atoms with Crippen molar-refractivity contribution >= 4 is 27.6 Å². The predicted octanol–water partition coefficient (Wildman–Crippen LogP) is 3.92. The number of rotatable bonds is 5. The largest absolute Gasteiger partial charge is 0.490 e. The summed E-state index contributed by atoms with van der Waals surface area (Å²) in [5, 5.41) is 14.2. The zero-order valence-electron chi connectivity index (χ0n) is 22.0. The number of carboxylic acids is 2. The van der Waals surface area contributed by atoms with Crippen molar-refractivity contribution in [1.82, 2.24) is 9.21 Å². The molecule has 9 nitrogen and oxygen atoms in total. The van der Waals surface area contributed by atoms with Crippen LogP contribution in [0.4, 0.5) is 32.0 Å². The normalized spacial score (nSPS) is 17.0. The van der Waals surface area contributed by atoms with Crippen LogP contribution in [0.3, 0.4) is 0 Å². The molecule has 0 bridgehead atoms. The number of carbonyl (C=O) groups is 2. The van der Waals surface area contributed by atoms with E-state index in [9.17, 15) is 34.8 Å². The van der Waals surface area contributed by atoms with E-state index in [1.54, 1.807) is 28.6 Å². The average molecular weight is 614 g/mol. The lowest BCUT2D eigenvalue weighted by Crippen LogP contribution is -2.57. The minimum Gasteiger partial charge on any atom is -0.475 e. The molecule has 1 spiro atoms. The number of benzene rings is 2. The molecule has 2 aromatic carbocycles. The Kier molecular flexibility index (Phi) is 10.8. The predicted molar refractivity (Wildman–Crippen MR) is 136 cm³/mol. The van der Waals surface area contributed by atoms with Crippen molar-refractivity contribution in [3.8, 4) is 0 Å². The van der Waals surface area contributed by atoms with Gasteiger partial charge in [-0.05, 0) is 36.2 Å². The third kappa shape index (κ3) is 9.60. The number of sulfonamides is 1. The van der Waals surface area contributed by atoms with Crippen LogP contribution < -0.4 is 4.90 Å². The second-order valence-corrected chi connectivity index (χ2v) is 11.7. The number of likely N-dealkylation sites (tertiary alicyclic amines) is 1. The highest BCUT2D eigenvalue weighted by Gasteiger charge is 2.50. The van der Waals surface area contributed by atoms with Crippen LogP contribution >= 0.6 is 0 Å². The van der Waals surface area contributed by atoms with E-state index in [-0.39, 0.29) is 5.41 Å². The molecule has 2 heterocycles. The molecule has 228 valence electrons. The van der Waals surface area contributed by atoms with E-state index in [4.69, 9.17) is 19.8 Å². The van der Waals surface area contributed by atoms with Crippen molar-refractivity contribution in [1.29, 1.82) is 0 Å². The van der Waals surface area contributed by atoms with E-state index in [0.717, 1.165) is 26.1 Å². The Morgan fingerprint density at radius 2 is 1.32 bits per heavy atom. The number of nitrogens with zero attached hydrogens (tertiary/aromatic N) is 3. The lowest BCUT2D eigenvalue weighted by atomic mass is 9.79. The van der Waals surface area contributed by atoms with Gasteiger partial charge in [0.25, 0.3) is 0 Å². The molecule has 0 radical (unpaired) electrons. The number of carboxylic acid groups (broad SMARTS) is 2. The molecule has 0 aliphatic carbocycles. The summed E-state index contributed by atoms with van der Waals surface area (Å²) in [5.74, 6) is -5.51. The van der Waals surface area contributed by atoms with Gasteiger partial charge in [0.2, 0.25) is 10.0 Å². The summed E-state index contributed by atoms with van der Waals surface area (Å²) in [5.41, 5.74) is 2.64. The van der Waals surface area contributed by atoms with E-state index in [1.165, 1.54) is 11.3 Å². The fraction of sp³-hybridized carbons (Fsp3) is 0.440. The third-order valence-corrected chi connectivity index (χ3v) is 8.11. The van der Waals surface area contributed by atoms with Gasteiger partial charge in [-0.25, -0.2) is 18.0 Å². The van der Waals surface area contributed by atoms with E-state index >= 15 is 0 Å². The number of halogens is 6. The number of aliphatic carboxylic acids is 2. The Bertz CT molecular complexity index is 1260. The van der Waals surface area contributed by atoms with Crippen LogP contribution in [0, 0.1) is 5.41 Å². The molecular formula is C25H29F6N3O6S. The maximum atomic E-state index is 12.8. The van der Waals surface area contributed by atoms with E-state index in [1.807, 2.05) is 20.2 Å². The first-order valence-electron chi connectivity index (χ1n) is 11.9. The molecule has 0 saturated carbocycles. The second kappa shape index (κ2) is 13.1. The van der Waals surface area contributed by atoms with Crippen LogP contribution in [0.15, 0.2) is 59.5 Å². The van der Waals surface area contributed by atoms with Gasteiger partial charge in [-0.1, -0.05) is 30.3 Å². The van der Waals surface area contributed by atoms with Crippen LogP contribution in [0.25, 0.3) is 0 Å². The fourth-order valence-electron chi connectivity index (χ4n) is 4.27. The van der Waals surface area contributed by atoms with Crippen molar-refractivity contribution < 1.29 is 54.6 Å². The number of alkyl halides is 6. The standard InChI is InChI=1S/C21H27N3O2S.2C2HF3O2/c1-22(2)19-10-8-18(9-11-19)14-23-15-21(16-23)12-13-24(17-21)27(25,26)20-6-4-3-5-7-20;2*3-2(4,5)1(6)7/h3-11H,12-17H2,1-2H3;2*(H,6,7). The lowest BCUT2D eigenvalue weighted by Gasteiger charge is -2.48. The number of anilines is 1. The molecule has 2 saturated heterocycles. The minimum absolute atomic E-state index is 0.130. The van der Waals surface area contributed by atoms with Gasteiger partial charge in [0, 0.05) is 57.9 Å². The molecule has 0 aromatic heterocycles. The summed E-state index contributed by atoms with van der Waals surface area (Å²) >= 11 is 0. The Hall–Kier alpha value is -3.37. The quantitative estimate of drug-likeness (QED) is 0.488. The summed E-state index contributed by atoms with van der Waals surface area (Å²) in [6.45, 7) is 4.15. The molecule has 2 aliphatic rings. The van der Waals surface area contributed by atoms with Gasteiger partial charge in [-0.3, -0.25) is 4.90 Å². The number of hydrogen-bond donors (Lipinski definition) is 2. The molecule has 16 heteroatoms. The van der Waals surface area contributed by atoms with E-state index < -0.39 is 34.3 Å². The van der Waals surface area contributed by atoms with Crippen molar-refractivity contribution in [2.24, 2.45) is 5.41 Å². The van der Waals surface area contributed by atoms with Crippen LogP contribution in [0.2, 0.25) is 0 Å². The van der Waals surface area contributed by atoms with Crippen molar-refractivity contribution in [2.45, 2.75) is 30.2 Å². The molecule has 2 aliphatic heterocycles. The highest BCUT2D eigenvalue weighted by atomic mass is 32.2. The van der Waals surface area contributed by atoms with Crippen LogP contribution in [-0.4, -0.2) is 92.4 Å². The molecule has 0 amide bonds. The van der Waals surface area contributed by atoms with Crippen molar-refractivity contribution in [3.63, 3.8) is 0 Å². The zero-order chi connectivity index (χ0) is 31.2. The Labute approximate surface area is 232 Å². The Morgan fingerprint density at radius 1 is 0.854 bits per heavy atom. The molecule has 2 aromatic rings. The smallest absolute Gasteiger partial charge is 0.475 e. The summed E-state index contributed by atoms with van der Waals surface area (Å²) < 4.78 is 90.8. The molecule has 2 N–H and O–H groups in total. The molecule has 0 unspecified atom stereocenters. The van der Waals surface area contributed by atoms with Gasteiger partial charge in [-0.15, -0.1) is 0 Å². The summed E-state index contributed by atoms with van der Waals surface area (Å²) in [7, 11) is 0.725. The van der Waals surface area contributed by atoms with Gasteiger partial charge in [0.15, 0.2) is 0 Å². The minimum atomic E-state index is -5.08. The maximum absolute atomic E-state index is 12.8. The van der Waals surface area contributed by atoms with Gasteiger partial charge in [-0.2, -0.15) is 30.6 Å². The number of hydrogen-bond acceptors (Lipinski definition) is 6. The first-order chi connectivity index (χ1) is 18.8. The molecule has 41 heavy (non-hydrogen) atoms. The monoisotopic (exact) mass is 613 g/mol. The topological polar surface area (TPSA) is 118 Å². The summed E-state index contributed by atoms with van der Waals surface area (Å²) in [4.78, 5) is 22.7. The summed E-state index contributed by atoms with van der Waals surface area (Å²) in [6.07, 6.45) is -9.21. The summed E-state index contributed by atoms with van der Waals surface area (Å²) in [6, 6.07) is 17.4. The van der Waals surface area contributed by atoms with E-state index in [0.29, 0.717) is 18.0 Å². The lowest BCUT2D eigenvalue weighted by molar-refractivity contribution is -0.193. The van der Waals surface area contributed by atoms with Gasteiger partial charge in [0.1, 0.15) is 0 Å². The third-order valence-electron chi connectivity index (χ3n) is 6.25. The Morgan fingerprint density at radius 3 is 1.73 bits per heavy atom. The van der Waals surface area contributed by atoms with E-state index in [2.05, 4.69) is 34.1 Å². The molecular weight excluding hydrogens is 584 g/mol. The first-order valence-corrected chi connectivity index (χ1v) is 13.3.